The number of aliphatic hydroxyl groups is 1. The molecule has 0 heterocycles. The Balaban J connectivity index is 2.03. The number of halogens is 3. The van der Waals surface area contributed by atoms with E-state index in [1.54, 1.807) is 0 Å². The van der Waals surface area contributed by atoms with Gasteiger partial charge < -0.3 is 5.11 Å². The largest absolute Gasteiger partial charge is 0.428 e. The van der Waals surface area contributed by atoms with Crippen LogP contribution >= 0.6 is 0 Å². The molecule has 0 saturated carbocycles. The lowest BCUT2D eigenvalue weighted by Crippen LogP contribution is -2.40. The molecule has 0 aliphatic heterocycles. The molecule has 0 spiro atoms. The second-order valence-corrected chi connectivity index (χ2v) is 5.50. The van der Waals surface area contributed by atoms with Crippen LogP contribution in [0.2, 0.25) is 0 Å². The normalized spacial score (nSPS) is 21.3. The van der Waals surface area contributed by atoms with Crippen LogP contribution in [0.4, 0.5) is 13.2 Å². The van der Waals surface area contributed by atoms with E-state index in [2.05, 4.69) is 12.0 Å². The topological polar surface area (TPSA) is 20.2 Å². The first kappa shape index (κ1) is 15.7. The van der Waals surface area contributed by atoms with Crippen molar-refractivity contribution in [1.82, 2.24) is 0 Å². The lowest BCUT2D eigenvalue weighted by atomic mass is 9.88. The summed E-state index contributed by atoms with van der Waals surface area (Å²) in [6.45, 7) is 2.60. The summed E-state index contributed by atoms with van der Waals surface area (Å²) in [6, 6.07) is 0. The molecule has 1 nitrogen and oxygen atoms in total. The summed E-state index contributed by atoms with van der Waals surface area (Å²) in [7, 11) is 0. The maximum atomic E-state index is 12.5. The minimum Gasteiger partial charge on any atom is -0.370 e. The molecule has 0 aromatic carbocycles. The van der Waals surface area contributed by atoms with Crippen molar-refractivity contribution in [2.45, 2.75) is 38.5 Å². The van der Waals surface area contributed by atoms with E-state index < -0.39 is 11.8 Å². The standard InChI is InChI=1S/C17H17F3O/c1-12(6-5-11-16(2,21)17(18,19)20)14-10-9-13-7-3-4-8-15(13)14/h3-4,8-10,12,21H,6-7H2,1-2H3. The van der Waals surface area contributed by atoms with E-state index in [1.807, 2.05) is 37.1 Å². The molecule has 0 amide bonds. The number of rotatable bonds is 2. The zero-order chi connectivity index (χ0) is 15.7. The van der Waals surface area contributed by atoms with E-state index >= 15 is 0 Å². The summed E-state index contributed by atoms with van der Waals surface area (Å²) >= 11 is 0. The molecule has 21 heavy (non-hydrogen) atoms. The van der Waals surface area contributed by atoms with E-state index in [9.17, 15) is 18.3 Å². The highest BCUT2D eigenvalue weighted by atomic mass is 19.4. The lowest BCUT2D eigenvalue weighted by molar-refractivity contribution is -0.228. The van der Waals surface area contributed by atoms with E-state index in [1.165, 1.54) is 5.57 Å². The fraction of sp³-hybridized carbons (Fsp3) is 0.412. The Morgan fingerprint density at radius 3 is 2.67 bits per heavy atom. The smallest absolute Gasteiger partial charge is 0.370 e. The number of allylic oxidation sites excluding steroid dienone is 8. The Hall–Kier alpha value is -1.73. The van der Waals surface area contributed by atoms with Crippen LogP contribution < -0.4 is 0 Å². The summed E-state index contributed by atoms with van der Waals surface area (Å²) in [5, 5.41) is 9.27. The molecule has 0 fully saturated rings. The van der Waals surface area contributed by atoms with Gasteiger partial charge in [0, 0.05) is 6.42 Å². The second-order valence-electron chi connectivity index (χ2n) is 5.50. The zero-order valence-corrected chi connectivity index (χ0v) is 12.0. The van der Waals surface area contributed by atoms with E-state index in [-0.39, 0.29) is 12.3 Å². The molecule has 4 heteroatoms. The Kier molecular flexibility index (Phi) is 4.15. The predicted molar refractivity (Wildman–Crippen MR) is 76.2 cm³/mol. The fourth-order valence-electron chi connectivity index (χ4n) is 2.28. The SMILES string of the molecule is CC(CC#CC(C)(O)C(F)(F)F)C1=CC=C2CC=CC=C21. The fourth-order valence-corrected chi connectivity index (χ4v) is 2.28. The number of hydrogen-bond donors (Lipinski definition) is 1. The Morgan fingerprint density at radius 1 is 1.29 bits per heavy atom. The molecule has 2 aliphatic carbocycles. The van der Waals surface area contributed by atoms with E-state index in [0.717, 1.165) is 17.6 Å². The third-order valence-electron chi connectivity index (χ3n) is 3.68. The second kappa shape index (κ2) is 5.57. The molecule has 1 N–H and O–H groups in total. The molecule has 2 rings (SSSR count). The van der Waals surface area contributed by atoms with Gasteiger partial charge in [-0.15, -0.1) is 0 Å². The summed E-state index contributed by atoms with van der Waals surface area (Å²) in [4.78, 5) is 0. The summed E-state index contributed by atoms with van der Waals surface area (Å²) in [5.41, 5.74) is 0.520. The van der Waals surface area contributed by atoms with Crippen LogP contribution in [-0.2, 0) is 0 Å². The highest BCUT2D eigenvalue weighted by molar-refractivity contribution is 5.59. The van der Waals surface area contributed by atoms with Gasteiger partial charge >= 0.3 is 6.18 Å². The summed E-state index contributed by atoms with van der Waals surface area (Å²) < 4.78 is 37.5. The predicted octanol–water partition coefficient (Wildman–Crippen LogP) is 4.08. The van der Waals surface area contributed by atoms with Gasteiger partial charge in [-0.25, -0.2) is 0 Å². The Bertz CT molecular complexity index is 604. The van der Waals surface area contributed by atoms with Gasteiger partial charge in [0.25, 0.3) is 0 Å². The first-order chi connectivity index (χ1) is 9.72. The van der Waals surface area contributed by atoms with Crippen LogP contribution in [-0.4, -0.2) is 16.9 Å². The van der Waals surface area contributed by atoms with Gasteiger partial charge in [-0.3, -0.25) is 0 Å². The molecular formula is C17H17F3O. The average Bonchev–Trinajstić information content (AvgIpc) is 2.80. The van der Waals surface area contributed by atoms with Crippen LogP contribution in [0.3, 0.4) is 0 Å². The third-order valence-corrected chi connectivity index (χ3v) is 3.68. The minimum atomic E-state index is -4.73. The quantitative estimate of drug-likeness (QED) is 0.761. The van der Waals surface area contributed by atoms with Crippen LogP contribution in [0.5, 0.6) is 0 Å². The van der Waals surface area contributed by atoms with Crippen LogP contribution in [0.15, 0.2) is 47.1 Å². The molecule has 0 radical (unpaired) electrons. The van der Waals surface area contributed by atoms with Crippen molar-refractivity contribution in [2.24, 2.45) is 5.92 Å². The maximum absolute atomic E-state index is 12.5. The minimum absolute atomic E-state index is 0.0213. The maximum Gasteiger partial charge on any atom is 0.428 e. The molecule has 2 aliphatic rings. The summed E-state index contributed by atoms with van der Waals surface area (Å²) in [5.74, 6) is 4.42. The monoisotopic (exact) mass is 294 g/mol. The summed E-state index contributed by atoms with van der Waals surface area (Å²) in [6.07, 6.45) is 6.54. The van der Waals surface area contributed by atoms with Gasteiger partial charge in [0.1, 0.15) is 0 Å². The number of fused-ring (bicyclic) bond motifs is 1. The first-order valence-corrected chi connectivity index (χ1v) is 6.80. The van der Waals surface area contributed by atoms with Gasteiger partial charge in [-0.05, 0) is 36.0 Å². The van der Waals surface area contributed by atoms with Crippen molar-refractivity contribution >= 4 is 0 Å². The molecule has 0 saturated heterocycles. The highest BCUT2D eigenvalue weighted by Crippen LogP contribution is 2.36. The van der Waals surface area contributed by atoms with Crippen molar-refractivity contribution in [2.75, 3.05) is 0 Å². The van der Waals surface area contributed by atoms with Crippen LogP contribution in [0.25, 0.3) is 0 Å². The number of hydrogen-bond acceptors (Lipinski definition) is 1. The van der Waals surface area contributed by atoms with Crippen molar-refractivity contribution < 1.29 is 18.3 Å². The molecule has 2 unspecified atom stereocenters. The number of alkyl halides is 3. The molecular weight excluding hydrogens is 277 g/mol. The van der Waals surface area contributed by atoms with E-state index in [4.69, 9.17) is 0 Å². The first-order valence-electron chi connectivity index (χ1n) is 6.80. The van der Waals surface area contributed by atoms with Gasteiger partial charge in [-0.1, -0.05) is 49.1 Å². The Morgan fingerprint density at radius 2 is 2.00 bits per heavy atom. The van der Waals surface area contributed by atoms with Gasteiger partial charge in [0.05, 0.1) is 0 Å². The molecule has 0 aromatic heterocycles. The van der Waals surface area contributed by atoms with Crippen molar-refractivity contribution in [3.8, 4) is 11.8 Å². The van der Waals surface area contributed by atoms with E-state index in [0.29, 0.717) is 6.92 Å². The van der Waals surface area contributed by atoms with Gasteiger partial charge in [0.15, 0.2) is 0 Å². The molecule has 0 bridgehead atoms. The van der Waals surface area contributed by atoms with Crippen molar-refractivity contribution in [3.63, 3.8) is 0 Å². The lowest BCUT2D eigenvalue weighted by Gasteiger charge is -2.20. The zero-order valence-electron chi connectivity index (χ0n) is 12.0. The van der Waals surface area contributed by atoms with Crippen molar-refractivity contribution in [1.29, 1.82) is 0 Å². The van der Waals surface area contributed by atoms with Crippen LogP contribution in [0.1, 0.15) is 26.7 Å². The van der Waals surface area contributed by atoms with Crippen LogP contribution in [0, 0.1) is 17.8 Å². The highest BCUT2D eigenvalue weighted by Gasteiger charge is 2.48. The Labute approximate surface area is 122 Å². The molecule has 112 valence electrons. The average molecular weight is 294 g/mol. The molecule has 2 atom stereocenters. The molecule has 0 aromatic rings. The third kappa shape index (κ3) is 3.30. The van der Waals surface area contributed by atoms with Gasteiger partial charge in [-0.2, -0.15) is 13.2 Å². The van der Waals surface area contributed by atoms with Gasteiger partial charge in [0.2, 0.25) is 5.60 Å². The van der Waals surface area contributed by atoms with Crippen molar-refractivity contribution in [3.05, 3.63) is 47.1 Å².